The number of carbonyl (C=O) groups is 1. The molecule has 0 saturated carbocycles. The second kappa shape index (κ2) is 7.14. The molecule has 0 radical (unpaired) electrons. The van der Waals surface area contributed by atoms with Gasteiger partial charge >= 0.3 is 0 Å². The molecule has 26 heavy (non-hydrogen) atoms. The number of hydrazine groups is 1. The van der Waals surface area contributed by atoms with Crippen molar-refractivity contribution in [3.8, 4) is 11.5 Å². The zero-order valence-electron chi connectivity index (χ0n) is 14.0. The Labute approximate surface area is 151 Å². The number of carbonyl (C=O) groups excluding carboxylic acids is 1. The first-order chi connectivity index (χ1) is 12.8. The van der Waals surface area contributed by atoms with Crippen molar-refractivity contribution in [1.29, 1.82) is 0 Å². The van der Waals surface area contributed by atoms with E-state index in [1.165, 1.54) is 5.01 Å². The van der Waals surface area contributed by atoms with Gasteiger partial charge in [0, 0.05) is 6.20 Å². The van der Waals surface area contributed by atoms with E-state index in [-0.39, 0.29) is 12.7 Å². The predicted octanol–water partition coefficient (Wildman–Crippen LogP) is 3.48. The number of hydrogen-bond acceptors (Lipinski definition) is 5. The number of para-hydroxylation sites is 1. The van der Waals surface area contributed by atoms with Crippen LogP contribution < -0.4 is 14.9 Å². The molecular weight excluding hydrogens is 330 g/mol. The number of rotatable bonds is 5. The number of benzene rings is 2. The quantitative estimate of drug-likeness (QED) is 0.716. The molecule has 6 nitrogen and oxygen atoms in total. The first-order valence-corrected chi connectivity index (χ1v) is 8.23. The van der Waals surface area contributed by atoms with Gasteiger partial charge in [0.05, 0.1) is 12.2 Å². The minimum absolute atomic E-state index is 0.216. The Bertz CT molecular complexity index is 901. The van der Waals surface area contributed by atoms with Crippen molar-refractivity contribution in [1.82, 2.24) is 9.99 Å². The van der Waals surface area contributed by atoms with Gasteiger partial charge in [0.25, 0.3) is 5.91 Å². The summed E-state index contributed by atoms with van der Waals surface area (Å²) in [6.07, 6.45) is 1.61. The Morgan fingerprint density at radius 1 is 1.00 bits per heavy atom. The third-order valence-corrected chi connectivity index (χ3v) is 3.94. The van der Waals surface area contributed by atoms with E-state index in [9.17, 15) is 4.79 Å². The summed E-state index contributed by atoms with van der Waals surface area (Å²) in [6.45, 7) is 0.568. The second-order valence-electron chi connectivity index (χ2n) is 5.77. The van der Waals surface area contributed by atoms with Crippen LogP contribution in [0.2, 0.25) is 0 Å². The van der Waals surface area contributed by atoms with Crippen LogP contribution in [0.5, 0.6) is 11.5 Å². The first kappa shape index (κ1) is 16.0. The summed E-state index contributed by atoms with van der Waals surface area (Å²) in [5, 5.41) is 1.54. The van der Waals surface area contributed by atoms with Crippen LogP contribution in [0.4, 0.5) is 5.69 Å². The maximum absolute atomic E-state index is 12.9. The molecule has 6 heteroatoms. The van der Waals surface area contributed by atoms with Crippen molar-refractivity contribution < 1.29 is 14.3 Å². The van der Waals surface area contributed by atoms with Crippen molar-refractivity contribution in [2.24, 2.45) is 0 Å². The largest absolute Gasteiger partial charge is 0.454 e. The number of aromatic nitrogens is 1. The Kier molecular flexibility index (Phi) is 4.38. The lowest BCUT2D eigenvalue weighted by atomic mass is 10.2. The van der Waals surface area contributed by atoms with E-state index in [0.717, 1.165) is 11.3 Å². The van der Waals surface area contributed by atoms with Gasteiger partial charge in [-0.15, -0.1) is 0 Å². The molecule has 1 aliphatic rings. The highest BCUT2D eigenvalue weighted by Crippen LogP contribution is 2.32. The Morgan fingerprint density at radius 3 is 2.62 bits per heavy atom. The lowest BCUT2D eigenvalue weighted by Crippen LogP contribution is -2.36. The van der Waals surface area contributed by atoms with Crippen molar-refractivity contribution in [3.05, 3.63) is 84.2 Å². The molecule has 0 saturated heterocycles. The highest BCUT2D eigenvalue weighted by atomic mass is 16.7. The van der Waals surface area contributed by atoms with E-state index in [0.29, 0.717) is 23.7 Å². The summed E-state index contributed by atoms with van der Waals surface area (Å²) < 4.78 is 10.8. The average molecular weight is 347 g/mol. The molecule has 2 heterocycles. The molecule has 1 aliphatic heterocycles. The van der Waals surface area contributed by atoms with E-state index in [2.05, 4.69) is 10.4 Å². The van der Waals surface area contributed by atoms with Crippen LogP contribution in [-0.2, 0) is 6.54 Å². The predicted molar refractivity (Wildman–Crippen MR) is 96.7 cm³/mol. The highest BCUT2D eigenvalue weighted by molar-refractivity contribution is 5.93. The zero-order valence-corrected chi connectivity index (χ0v) is 14.0. The summed E-state index contributed by atoms with van der Waals surface area (Å²) in [4.78, 5) is 17.1. The number of amides is 1. The Balaban J connectivity index is 1.60. The fraction of sp³-hybridized carbons (Fsp3) is 0.100. The summed E-state index contributed by atoms with van der Waals surface area (Å²) in [7, 11) is 0. The Morgan fingerprint density at radius 2 is 1.81 bits per heavy atom. The van der Waals surface area contributed by atoms with Crippen molar-refractivity contribution >= 4 is 11.6 Å². The number of pyridine rings is 1. The van der Waals surface area contributed by atoms with Crippen LogP contribution in [-0.4, -0.2) is 22.7 Å². The monoisotopic (exact) mass is 347 g/mol. The van der Waals surface area contributed by atoms with Gasteiger partial charge in [0.1, 0.15) is 5.69 Å². The number of fused-ring (bicyclic) bond motifs is 1. The molecular formula is C20H17N3O3. The lowest BCUT2D eigenvalue weighted by molar-refractivity contribution is 0.0777. The second-order valence-corrected chi connectivity index (χ2v) is 5.77. The van der Waals surface area contributed by atoms with Gasteiger partial charge in [-0.25, -0.2) is 5.01 Å². The molecule has 130 valence electrons. The highest BCUT2D eigenvalue weighted by Gasteiger charge is 2.20. The fourth-order valence-corrected chi connectivity index (χ4v) is 2.68. The van der Waals surface area contributed by atoms with Crippen LogP contribution in [0, 0.1) is 0 Å². The third-order valence-electron chi connectivity index (χ3n) is 3.94. The minimum Gasteiger partial charge on any atom is -0.454 e. The summed E-state index contributed by atoms with van der Waals surface area (Å²) >= 11 is 0. The van der Waals surface area contributed by atoms with Gasteiger partial charge < -0.3 is 9.47 Å². The molecule has 1 amide bonds. The molecule has 0 fully saturated rings. The maximum Gasteiger partial charge on any atom is 0.291 e. The zero-order chi connectivity index (χ0) is 17.8. The van der Waals surface area contributed by atoms with Gasteiger partial charge in [-0.2, -0.15) is 0 Å². The topological polar surface area (TPSA) is 63.7 Å². The standard InChI is InChI=1S/C20H17N3O3/c24-20(17-8-4-5-11-21-17)23(22-16-6-2-1-3-7-16)13-15-9-10-18-19(12-15)26-14-25-18/h1-12,22H,13-14H2. The van der Waals surface area contributed by atoms with Gasteiger partial charge in [-0.1, -0.05) is 30.3 Å². The minimum atomic E-state index is -0.216. The molecule has 0 spiro atoms. The number of anilines is 1. The van der Waals surface area contributed by atoms with Crippen molar-refractivity contribution in [3.63, 3.8) is 0 Å². The molecule has 0 atom stereocenters. The average Bonchev–Trinajstić information content (AvgIpc) is 3.16. The van der Waals surface area contributed by atoms with Gasteiger partial charge in [0.15, 0.2) is 11.5 Å². The summed E-state index contributed by atoms with van der Waals surface area (Å²) in [5.41, 5.74) is 5.27. The van der Waals surface area contributed by atoms with Gasteiger partial charge in [-0.05, 0) is 42.0 Å². The Hall–Kier alpha value is -3.54. The maximum atomic E-state index is 12.9. The number of ether oxygens (including phenoxy) is 2. The van der Waals surface area contributed by atoms with E-state index in [1.807, 2.05) is 48.5 Å². The van der Waals surface area contributed by atoms with E-state index in [1.54, 1.807) is 24.4 Å². The van der Waals surface area contributed by atoms with E-state index in [4.69, 9.17) is 9.47 Å². The van der Waals surface area contributed by atoms with Crippen LogP contribution in [0.3, 0.4) is 0 Å². The molecule has 1 N–H and O–H groups in total. The lowest BCUT2D eigenvalue weighted by Gasteiger charge is -2.24. The number of hydrogen-bond donors (Lipinski definition) is 1. The molecule has 0 bridgehead atoms. The smallest absolute Gasteiger partial charge is 0.291 e. The van der Waals surface area contributed by atoms with Crippen LogP contribution in [0.15, 0.2) is 72.9 Å². The summed E-state index contributed by atoms with van der Waals surface area (Å²) in [5.74, 6) is 1.19. The van der Waals surface area contributed by atoms with Gasteiger partial charge in [0.2, 0.25) is 6.79 Å². The van der Waals surface area contributed by atoms with E-state index < -0.39 is 0 Å². The normalized spacial score (nSPS) is 11.8. The summed E-state index contributed by atoms with van der Waals surface area (Å²) in [6, 6.07) is 20.5. The van der Waals surface area contributed by atoms with Crippen LogP contribution in [0.25, 0.3) is 0 Å². The van der Waals surface area contributed by atoms with Crippen LogP contribution >= 0.6 is 0 Å². The number of nitrogens with one attached hydrogen (secondary N) is 1. The SMILES string of the molecule is O=C(c1ccccn1)N(Cc1ccc2c(c1)OCO2)Nc1ccccc1. The van der Waals surface area contributed by atoms with Crippen LogP contribution in [0.1, 0.15) is 16.1 Å². The molecule has 3 aromatic rings. The molecule has 1 aromatic heterocycles. The first-order valence-electron chi connectivity index (χ1n) is 8.23. The number of nitrogens with zero attached hydrogens (tertiary/aromatic N) is 2. The van der Waals surface area contributed by atoms with Gasteiger partial charge in [-0.3, -0.25) is 15.2 Å². The third kappa shape index (κ3) is 3.44. The van der Waals surface area contributed by atoms with E-state index >= 15 is 0 Å². The molecule has 4 rings (SSSR count). The van der Waals surface area contributed by atoms with Crippen molar-refractivity contribution in [2.45, 2.75) is 6.54 Å². The molecule has 2 aromatic carbocycles. The molecule has 0 aliphatic carbocycles. The van der Waals surface area contributed by atoms with Crippen molar-refractivity contribution in [2.75, 3.05) is 12.2 Å². The fourth-order valence-electron chi connectivity index (χ4n) is 2.68. The molecule has 0 unspecified atom stereocenters.